The van der Waals surface area contributed by atoms with E-state index in [0.717, 1.165) is 28.1 Å². The van der Waals surface area contributed by atoms with E-state index < -0.39 is 0 Å². The summed E-state index contributed by atoms with van der Waals surface area (Å²) >= 11 is 5.20. The molecule has 1 atom stereocenters. The maximum atomic E-state index is 4.71. The summed E-state index contributed by atoms with van der Waals surface area (Å²) in [5.41, 5.74) is 2.30. The average Bonchev–Trinajstić information content (AvgIpc) is 2.85. The van der Waals surface area contributed by atoms with E-state index in [4.69, 9.17) is 4.98 Å². The predicted octanol–water partition coefficient (Wildman–Crippen LogP) is 4.63. The molecule has 0 aliphatic carbocycles. The lowest BCUT2D eigenvalue weighted by Crippen LogP contribution is -2.19. The Morgan fingerprint density at radius 2 is 2.28 bits per heavy atom. The number of aromatic nitrogens is 1. The van der Waals surface area contributed by atoms with Crippen molar-refractivity contribution >= 4 is 27.3 Å². The Bertz CT molecular complexity index is 510. The zero-order valence-electron chi connectivity index (χ0n) is 10.6. The minimum absolute atomic E-state index is 0.321. The van der Waals surface area contributed by atoms with E-state index in [1.54, 1.807) is 11.3 Å². The van der Waals surface area contributed by atoms with Crippen LogP contribution in [0.15, 0.2) is 34.1 Å². The van der Waals surface area contributed by atoms with Gasteiger partial charge in [-0.15, -0.1) is 11.3 Å². The molecule has 96 valence electrons. The minimum atomic E-state index is 0.321. The molecular weight excluding hydrogens is 308 g/mol. The third-order valence-electron chi connectivity index (χ3n) is 2.74. The van der Waals surface area contributed by atoms with Crippen LogP contribution in [0.3, 0.4) is 0 Å². The highest BCUT2D eigenvalue weighted by Crippen LogP contribution is 2.28. The fourth-order valence-electron chi connectivity index (χ4n) is 1.70. The normalized spacial score (nSPS) is 12.6. The maximum absolute atomic E-state index is 4.71. The number of thiazole rings is 1. The number of rotatable bonds is 5. The molecule has 2 rings (SSSR count). The van der Waals surface area contributed by atoms with Crippen LogP contribution in [0, 0.1) is 0 Å². The first-order valence-electron chi connectivity index (χ1n) is 6.15. The fraction of sp³-hybridized carbons (Fsp3) is 0.357. The molecule has 4 heteroatoms. The third kappa shape index (κ3) is 3.40. The first-order chi connectivity index (χ1) is 8.70. The van der Waals surface area contributed by atoms with Crippen molar-refractivity contribution in [3.63, 3.8) is 0 Å². The first-order valence-corrected chi connectivity index (χ1v) is 7.82. The van der Waals surface area contributed by atoms with Crippen LogP contribution >= 0.6 is 27.3 Å². The lowest BCUT2D eigenvalue weighted by Gasteiger charge is -2.09. The fourth-order valence-corrected chi connectivity index (χ4v) is 3.01. The van der Waals surface area contributed by atoms with Gasteiger partial charge in [-0.25, -0.2) is 4.98 Å². The Kier molecular flexibility index (Phi) is 4.92. The smallest absolute Gasteiger partial charge is 0.123 e. The molecule has 2 nitrogen and oxygen atoms in total. The summed E-state index contributed by atoms with van der Waals surface area (Å²) in [4.78, 5) is 4.71. The highest BCUT2D eigenvalue weighted by molar-refractivity contribution is 9.10. The zero-order valence-corrected chi connectivity index (χ0v) is 13.0. The molecule has 1 aromatic heterocycles. The second-order valence-corrected chi connectivity index (χ2v) is 6.04. The number of nitrogens with one attached hydrogen (secondary N) is 1. The number of hydrogen-bond acceptors (Lipinski definition) is 3. The van der Waals surface area contributed by atoms with Crippen molar-refractivity contribution in [3.8, 4) is 10.6 Å². The third-order valence-corrected chi connectivity index (χ3v) is 4.14. The van der Waals surface area contributed by atoms with Gasteiger partial charge in [0.1, 0.15) is 5.01 Å². The molecule has 18 heavy (non-hydrogen) atoms. The van der Waals surface area contributed by atoms with Gasteiger partial charge in [0.25, 0.3) is 0 Å². The highest BCUT2D eigenvalue weighted by atomic mass is 79.9. The number of hydrogen-bond donors (Lipinski definition) is 1. The van der Waals surface area contributed by atoms with Gasteiger partial charge in [-0.05, 0) is 32.0 Å². The van der Waals surface area contributed by atoms with E-state index in [2.05, 4.69) is 52.6 Å². The Morgan fingerprint density at radius 1 is 1.44 bits per heavy atom. The molecule has 0 amide bonds. The molecule has 0 aliphatic heterocycles. The second kappa shape index (κ2) is 6.45. The van der Waals surface area contributed by atoms with Crippen LogP contribution in [0.4, 0.5) is 0 Å². The molecule has 1 unspecified atom stereocenters. The molecule has 0 radical (unpaired) electrons. The molecule has 0 fully saturated rings. The highest BCUT2D eigenvalue weighted by Gasteiger charge is 2.10. The molecule has 0 saturated carbocycles. The van der Waals surface area contributed by atoms with Crippen molar-refractivity contribution in [2.75, 3.05) is 6.54 Å². The topological polar surface area (TPSA) is 24.9 Å². The van der Waals surface area contributed by atoms with Crippen LogP contribution in [0.5, 0.6) is 0 Å². The van der Waals surface area contributed by atoms with Crippen molar-refractivity contribution < 1.29 is 0 Å². The summed E-state index contributed by atoms with van der Waals surface area (Å²) in [7, 11) is 0. The summed E-state index contributed by atoms with van der Waals surface area (Å²) in [5, 5.41) is 6.68. The predicted molar refractivity (Wildman–Crippen MR) is 82.0 cm³/mol. The molecule has 1 heterocycles. The maximum Gasteiger partial charge on any atom is 0.123 e. The Morgan fingerprint density at radius 3 is 3.00 bits per heavy atom. The molecular formula is C14H17BrN2S. The Hall–Kier alpha value is -0.710. The van der Waals surface area contributed by atoms with Crippen LogP contribution in [-0.4, -0.2) is 11.5 Å². The van der Waals surface area contributed by atoms with Gasteiger partial charge in [0, 0.05) is 21.5 Å². The Balaban J connectivity index is 2.15. The van der Waals surface area contributed by atoms with Crippen molar-refractivity contribution in [1.82, 2.24) is 10.3 Å². The van der Waals surface area contributed by atoms with E-state index in [1.165, 1.54) is 5.56 Å². The van der Waals surface area contributed by atoms with E-state index >= 15 is 0 Å². The SMILES string of the molecule is CCCNC(C)c1csc(-c2cccc(Br)c2)n1. The van der Waals surface area contributed by atoms with E-state index in [0.29, 0.717) is 6.04 Å². The summed E-state index contributed by atoms with van der Waals surface area (Å²) in [6.07, 6.45) is 1.15. The van der Waals surface area contributed by atoms with Gasteiger partial charge in [-0.1, -0.05) is 35.0 Å². The molecule has 0 bridgehead atoms. The monoisotopic (exact) mass is 324 g/mol. The summed E-state index contributed by atoms with van der Waals surface area (Å²) in [6.45, 7) is 5.37. The van der Waals surface area contributed by atoms with Crippen LogP contribution in [0.2, 0.25) is 0 Å². The molecule has 1 N–H and O–H groups in total. The lowest BCUT2D eigenvalue weighted by atomic mass is 10.2. The number of nitrogens with zero attached hydrogens (tertiary/aromatic N) is 1. The van der Waals surface area contributed by atoms with Crippen molar-refractivity contribution in [1.29, 1.82) is 0 Å². The Labute approximate surface area is 121 Å². The van der Waals surface area contributed by atoms with Gasteiger partial charge >= 0.3 is 0 Å². The van der Waals surface area contributed by atoms with Gasteiger partial charge in [-0.2, -0.15) is 0 Å². The van der Waals surface area contributed by atoms with Gasteiger partial charge in [0.15, 0.2) is 0 Å². The van der Waals surface area contributed by atoms with Gasteiger partial charge in [-0.3, -0.25) is 0 Å². The van der Waals surface area contributed by atoms with E-state index in [1.807, 2.05) is 12.1 Å². The van der Waals surface area contributed by atoms with Gasteiger partial charge < -0.3 is 5.32 Å². The van der Waals surface area contributed by atoms with Crippen molar-refractivity contribution in [2.24, 2.45) is 0 Å². The second-order valence-electron chi connectivity index (χ2n) is 4.26. The number of benzene rings is 1. The summed E-state index contributed by atoms with van der Waals surface area (Å²) in [6, 6.07) is 8.59. The standard InChI is InChI=1S/C14H17BrN2S/c1-3-7-16-10(2)13-9-18-14(17-13)11-5-4-6-12(15)8-11/h4-6,8-10,16H,3,7H2,1-2H3. The molecule has 0 aliphatic rings. The van der Waals surface area contributed by atoms with Gasteiger partial charge in [0.05, 0.1) is 5.69 Å². The summed E-state index contributed by atoms with van der Waals surface area (Å²) < 4.78 is 1.09. The van der Waals surface area contributed by atoms with Crippen LogP contribution in [-0.2, 0) is 0 Å². The summed E-state index contributed by atoms with van der Waals surface area (Å²) in [5.74, 6) is 0. The minimum Gasteiger partial charge on any atom is -0.309 e. The average molecular weight is 325 g/mol. The van der Waals surface area contributed by atoms with Crippen molar-refractivity contribution in [3.05, 3.63) is 39.8 Å². The molecule has 0 spiro atoms. The van der Waals surface area contributed by atoms with Crippen LogP contribution < -0.4 is 5.32 Å². The van der Waals surface area contributed by atoms with E-state index in [9.17, 15) is 0 Å². The molecule has 2 aromatic rings. The van der Waals surface area contributed by atoms with Crippen molar-refractivity contribution in [2.45, 2.75) is 26.3 Å². The molecule has 0 saturated heterocycles. The van der Waals surface area contributed by atoms with E-state index in [-0.39, 0.29) is 0 Å². The largest absolute Gasteiger partial charge is 0.309 e. The van der Waals surface area contributed by atoms with Crippen LogP contribution in [0.25, 0.3) is 10.6 Å². The molecule has 1 aromatic carbocycles. The number of halogens is 1. The van der Waals surface area contributed by atoms with Gasteiger partial charge in [0.2, 0.25) is 0 Å². The first kappa shape index (κ1) is 13.7. The lowest BCUT2D eigenvalue weighted by molar-refractivity contribution is 0.561. The zero-order chi connectivity index (χ0) is 13.0. The van der Waals surface area contributed by atoms with Crippen LogP contribution in [0.1, 0.15) is 32.0 Å². The quantitative estimate of drug-likeness (QED) is 0.867.